The van der Waals surface area contributed by atoms with Gasteiger partial charge in [0.05, 0.1) is 13.2 Å². The summed E-state index contributed by atoms with van der Waals surface area (Å²) in [5.41, 5.74) is 7.16. The molecule has 1 aromatic carbocycles. The summed E-state index contributed by atoms with van der Waals surface area (Å²) in [4.78, 5) is 12.3. The lowest BCUT2D eigenvalue weighted by Gasteiger charge is -2.31. The van der Waals surface area contributed by atoms with Crippen molar-refractivity contribution in [3.05, 3.63) is 29.8 Å². The molecule has 3 N–H and O–H groups in total. The number of benzene rings is 1. The molecule has 1 saturated carbocycles. The molecule has 4 nitrogen and oxygen atoms in total. The van der Waals surface area contributed by atoms with E-state index >= 15 is 0 Å². The average Bonchev–Trinajstić information content (AvgIpc) is 3.07. The molecular weight excluding hydrogens is 344 g/mol. The topological polar surface area (TPSA) is 64.3 Å². The zero-order chi connectivity index (χ0) is 16.7. The molecule has 2 rings (SSSR count). The minimum Gasteiger partial charge on any atom is -0.496 e. The van der Waals surface area contributed by atoms with Crippen molar-refractivity contribution >= 4 is 30.1 Å². The van der Waals surface area contributed by atoms with Crippen molar-refractivity contribution in [2.75, 3.05) is 25.7 Å². The summed E-state index contributed by atoms with van der Waals surface area (Å²) in [5.74, 6) is 1.78. The van der Waals surface area contributed by atoms with Gasteiger partial charge >= 0.3 is 0 Å². The average molecular weight is 373 g/mol. The second-order valence-corrected chi connectivity index (χ2v) is 7.28. The third kappa shape index (κ3) is 5.04. The van der Waals surface area contributed by atoms with Crippen LogP contribution in [0.25, 0.3) is 0 Å². The Morgan fingerprint density at radius 1 is 1.38 bits per heavy atom. The Morgan fingerprint density at radius 2 is 2.04 bits per heavy atom. The predicted octanol–water partition coefficient (Wildman–Crippen LogP) is 3.13. The Labute approximate surface area is 155 Å². The van der Waals surface area contributed by atoms with Crippen LogP contribution in [0.1, 0.15) is 37.7 Å². The maximum Gasteiger partial charge on any atom is 0.236 e. The number of thioether (sulfide) groups is 1. The van der Waals surface area contributed by atoms with E-state index in [2.05, 4.69) is 11.4 Å². The molecule has 0 radical (unpaired) electrons. The minimum atomic E-state index is -0.418. The Balaban J connectivity index is 0.00000288. The number of nitrogens with two attached hydrogens (primary N) is 1. The molecule has 0 unspecified atom stereocenters. The van der Waals surface area contributed by atoms with E-state index in [9.17, 15) is 4.79 Å². The molecule has 0 aromatic heterocycles. The van der Waals surface area contributed by atoms with E-state index in [4.69, 9.17) is 10.5 Å². The van der Waals surface area contributed by atoms with Gasteiger partial charge in [0.2, 0.25) is 5.91 Å². The van der Waals surface area contributed by atoms with Crippen molar-refractivity contribution in [3.8, 4) is 5.75 Å². The zero-order valence-corrected chi connectivity index (χ0v) is 16.2. The van der Waals surface area contributed by atoms with Gasteiger partial charge in [-0.1, -0.05) is 31.0 Å². The summed E-state index contributed by atoms with van der Waals surface area (Å²) in [5, 5.41) is 3.10. The zero-order valence-electron chi connectivity index (χ0n) is 14.5. The van der Waals surface area contributed by atoms with Crippen LogP contribution in [-0.4, -0.2) is 37.6 Å². The van der Waals surface area contributed by atoms with Gasteiger partial charge in [-0.15, -0.1) is 12.4 Å². The smallest absolute Gasteiger partial charge is 0.236 e. The number of carbonyl (C=O) groups is 1. The lowest BCUT2D eigenvalue weighted by Crippen LogP contribution is -2.46. The first kappa shape index (κ1) is 21.1. The molecule has 0 bridgehead atoms. The quantitative estimate of drug-likeness (QED) is 0.735. The molecule has 0 saturated heterocycles. The second kappa shape index (κ2) is 10.2. The predicted molar refractivity (Wildman–Crippen MR) is 104 cm³/mol. The molecule has 136 valence electrons. The highest BCUT2D eigenvalue weighted by Gasteiger charge is 2.38. The van der Waals surface area contributed by atoms with E-state index in [0.717, 1.165) is 24.3 Å². The van der Waals surface area contributed by atoms with Gasteiger partial charge in [0, 0.05) is 17.5 Å². The van der Waals surface area contributed by atoms with Crippen LogP contribution in [0.5, 0.6) is 5.75 Å². The fourth-order valence-electron chi connectivity index (χ4n) is 3.44. The Bertz CT molecular complexity index is 521. The summed E-state index contributed by atoms with van der Waals surface area (Å²) in [7, 11) is 1.71. The van der Waals surface area contributed by atoms with Crippen LogP contribution in [0.4, 0.5) is 0 Å². The molecule has 1 aromatic rings. The summed E-state index contributed by atoms with van der Waals surface area (Å²) in [6.45, 7) is 0.638. The fourth-order valence-corrected chi connectivity index (χ4v) is 3.93. The van der Waals surface area contributed by atoms with E-state index in [1.54, 1.807) is 18.9 Å². The van der Waals surface area contributed by atoms with Crippen LogP contribution in [0.2, 0.25) is 0 Å². The number of ether oxygens (including phenoxy) is 1. The molecule has 0 heterocycles. The number of rotatable bonds is 8. The molecule has 1 amide bonds. The first-order valence-electron chi connectivity index (χ1n) is 8.29. The van der Waals surface area contributed by atoms with Gasteiger partial charge < -0.3 is 15.8 Å². The highest BCUT2D eigenvalue weighted by molar-refractivity contribution is 7.98. The molecular formula is C18H29ClN2O2S. The van der Waals surface area contributed by atoms with Crippen molar-refractivity contribution in [2.45, 2.75) is 43.6 Å². The Hall–Kier alpha value is -0.910. The largest absolute Gasteiger partial charge is 0.496 e. The molecule has 6 heteroatoms. The Morgan fingerprint density at radius 3 is 2.67 bits per heavy atom. The SMILES string of the molecule is COc1ccccc1C1(CNC(=O)[C@@H](N)CCSC)CCCC1.Cl. The van der Waals surface area contributed by atoms with E-state index in [-0.39, 0.29) is 23.7 Å². The lowest BCUT2D eigenvalue weighted by molar-refractivity contribution is -0.122. The van der Waals surface area contributed by atoms with Gasteiger partial charge in [0.1, 0.15) is 5.75 Å². The number of nitrogens with one attached hydrogen (secondary N) is 1. The van der Waals surface area contributed by atoms with E-state index in [0.29, 0.717) is 13.0 Å². The normalized spacial score (nSPS) is 17.0. The van der Waals surface area contributed by atoms with Crippen molar-refractivity contribution < 1.29 is 9.53 Å². The number of carbonyl (C=O) groups excluding carboxylic acids is 1. The highest BCUT2D eigenvalue weighted by atomic mass is 35.5. The maximum atomic E-state index is 12.3. The van der Waals surface area contributed by atoms with Crippen LogP contribution in [-0.2, 0) is 10.2 Å². The van der Waals surface area contributed by atoms with Crippen molar-refractivity contribution in [3.63, 3.8) is 0 Å². The van der Waals surface area contributed by atoms with Gasteiger partial charge in [0.15, 0.2) is 0 Å². The van der Waals surface area contributed by atoms with E-state index in [1.807, 2.05) is 24.5 Å². The number of para-hydroxylation sites is 1. The molecule has 0 spiro atoms. The number of halogens is 1. The number of methoxy groups -OCH3 is 1. The van der Waals surface area contributed by atoms with Crippen molar-refractivity contribution in [2.24, 2.45) is 5.73 Å². The van der Waals surface area contributed by atoms with Crippen molar-refractivity contribution in [1.82, 2.24) is 5.32 Å². The van der Waals surface area contributed by atoms with Gasteiger partial charge in [-0.2, -0.15) is 11.8 Å². The number of hydrogen-bond acceptors (Lipinski definition) is 4. The van der Waals surface area contributed by atoms with Gasteiger partial charge in [0.25, 0.3) is 0 Å². The lowest BCUT2D eigenvalue weighted by atomic mass is 9.78. The second-order valence-electron chi connectivity index (χ2n) is 6.29. The van der Waals surface area contributed by atoms with Crippen LogP contribution in [0.15, 0.2) is 24.3 Å². The van der Waals surface area contributed by atoms with E-state index < -0.39 is 6.04 Å². The van der Waals surface area contributed by atoms with Gasteiger partial charge in [-0.25, -0.2) is 0 Å². The summed E-state index contributed by atoms with van der Waals surface area (Å²) >= 11 is 1.72. The molecule has 24 heavy (non-hydrogen) atoms. The molecule has 1 aliphatic rings. The molecule has 1 aliphatic carbocycles. The highest BCUT2D eigenvalue weighted by Crippen LogP contribution is 2.44. The summed E-state index contributed by atoms with van der Waals surface area (Å²) in [6, 6.07) is 7.75. The van der Waals surface area contributed by atoms with E-state index in [1.165, 1.54) is 18.4 Å². The first-order chi connectivity index (χ1) is 11.1. The minimum absolute atomic E-state index is 0. The van der Waals surface area contributed by atoms with Crippen LogP contribution < -0.4 is 15.8 Å². The third-order valence-electron chi connectivity index (χ3n) is 4.81. The third-order valence-corrected chi connectivity index (χ3v) is 5.45. The molecule has 1 fully saturated rings. The Kier molecular flexibility index (Phi) is 8.95. The monoisotopic (exact) mass is 372 g/mol. The fraction of sp³-hybridized carbons (Fsp3) is 0.611. The van der Waals surface area contributed by atoms with Crippen molar-refractivity contribution in [1.29, 1.82) is 0 Å². The van der Waals surface area contributed by atoms with Crippen LogP contribution in [0, 0.1) is 0 Å². The van der Waals surface area contributed by atoms with Crippen LogP contribution >= 0.6 is 24.2 Å². The number of amides is 1. The first-order valence-corrected chi connectivity index (χ1v) is 9.68. The molecule has 1 atom stereocenters. The van der Waals surface area contributed by atoms with Crippen LogP contribution in [0.3, 0.4) is 0 Å². The van der Waals surface area contributed by atoms with Gasteiger partial charge in [-0.3, -0.25) is 4.79 Å². The maximum absolute atomic E-state index is 12.3. The summed E-state index contributed by atoms with van der Waals surface area (Å²) in [6.07, 6.45) is 7.27. The number of hydrogen-bond donors (Lipinski definition) is 2. The van der Waals surface area contributed by atoms with Gasteiger partial charge in [-0.05, 0) is 37.3 Å². The molecule has 0 aliphatic heterocycles. The summed E-state index contributed by atoms with van der Waals surface area (Å²) < 4.78 is 5.55. The standard InChI is InChI=1S/C18H28N2O2S.ClH/c1-22-16-8-4-3-7-14(16)18(10-5-6-11-18)13-20-17(21)15(19)9-12-23-2;/h3-4,7-8,15H,5-6,9-13,19H2,1-2H3,(H,20,21);1H/t15-;/m0./s1.